The molecule has 0 heterocycles. The highest BCUT2D eigenvalue weighted by molar-refractivity contribution is 7.85. The molecule has 12 heteroatoms. The van der Waals surface area contributed by atoms with Gasteiger partial charge in [0.25, 0.3) is 10.1 Å². The van der Waals surface area contributed by atoms with Gasteiger partial charge in [0.15, 0.2) is 0 Å². The minimum atomic E-state index is -4.34. The largest absolute Gasteiger partial charge is 0.398 e. The van der Waals surface area contributed by atoms with Crippen molar-refractivity contribution in [2.75, 3.05) is 5.73 Å². The summed E-state index contributed by atoms with van der Waals surface area (Å²) < 4.78 is 32.8. The first kappa shape index (κ1) is 26.2. The Balaban J connectivity index is 1.72. The van der Waals surface area contributed by atoms with Gasteiger partial charge in [0, 0.05) is 20.4 Å². The van der Waals surface area contributed by atoms with Crippen LogP contribution in [0.4, 0.5) is 28.4 Å². The summed E-state index contributed by atoms with van der Waals surface area (Å²) in [7, 11) is -4.34. The first-order chi connectivity index (χ1) is 17.0. The number of thiol groups is 3. The number of benzene rings is 4. The third-order valence-electron chi connectivity index (χ3n) is 5.32. The van der Waals surface area contributed by atoms with Gasteiger partial charge in [0.2, 0.25) is 0 Å². The van der Waals surface area contributed by atoms with Gasteiger partial charge in [-0.15, -0.1) is 43.0 Å². The summed E-state index contributed by atoms with van der Waals surface area (Å²) in [5.74, 6) is -0.661. The lowest BCUT2D eigenvalue weighted by Gasteiger charge is -2.11. The van der Waals surface area contributed by atoms with Gasteiger partial charge in [-0.3, -0.25) is 4.55 Å². The highest BCUT2D eigenvalue weighted by atomic mass is 32.2. The zero-order valence-electron chi connectivity index (χ0n) is 18.9. The number of nitrogen functional groups attached to an aromatic ring is 1. The summed E-state index contributed by atoms with van der Waals surface area (Å²) in [4.78, 5) is 2.00. The summed E-state index contributed by atoms with van der Waals surface area (Å²) in [5, 5.41) is 18.7. The van der Waals surface area contributed by atoms with Crippen LogP contribution in [-0.2, 0) is 15.9 Å². The maximum Gasteiger partial charge on any atom is 0.269 e. The van der Waals surface area contributed by atoms with Crippen LogP contribution in [0, 0.1) is 6.92 Å². The molecule has 4 rings (SSSR count). The molecule has 4 aromatic rings. The summed E-state index contributed by atoms with van der Waals surface area (Å²) >= 11 is 13.3. The van der Waals surface area contributed by atoms with Crippen LogP contribution in [-0.4, -0.2) is 13.0 Å². The van der Waals surface area contributed by atoms with Gasteiger partial charge in [0.1, 0.15) is 11.4 Å². The van der Waals surface area contributed by atoms with Gasteiger partial charge in [0.05, 0.1) is 17.1 Å². The van der Waals surface area contributed by atoms with Gasteiger partial charge in [-0.2, -0.15) is 23.8 Å². The number of hydrogen-bond donors (Lipinski definition) is 5. The predicted molar refractivity (Wildman–Crippen MR) is 151 cm³/mol. The SMILES string of the molecule is Cc1c(N=Nc2ccc(N=Nc3ccc(S)cc3)cc2CS(=O)(=O)O)c(S)cc2c(S)c(N)ccc12. The van der Waals surface area contributed by atoms with Gasteiger partial charge >= 0.3 is 0 Å². The molecule has 3 N–H and O–H groups in total. The molecule has 184 valence electrons. The van der Waals surface area contributed by atoms with Crippen molar-refractivity contribution >= 4 is 87.2 Å². The van der Waals surface area contributed by atoms with Crippen LogP contribution in [0.5, 0.6) is 0 Å². The molecule has 0 spiro atoms. The van der Waals surface area contributed by atoms with E-state index in [2.05, 4.69) is 58.3 Å². The fourth-order valence-electron chi connectivity index (χ4n) is 3.53. The predicted octanol–water partition coefficient (Wildman–Crippen LogP) is 7.82. The fraction of sp³-hybridized carbons (Fsp3) is 0.0833. The zero-order chi connectivity index (χ0) is 26.0. The molecule has 0 amide bonds. The van der Waals surface area contributed by atoms with Crippen LogP contribution in [0.3, 0.4) is 0 Å². The minimum Gasteiger partial charge on any atom is -0.398 e. The Morgan fingerprint density at radius 3 is 2.19 bits per heavy atom. The van der Waals surface area contributed by atoms with E-state index in [1.807, 2.05) is 13.0 Å². The van der Waals surface area contributed by atoms with E-state index in [4.69, 9.17) is 5.73 Å². The van der Waals surface area contributed by atoms with E-state index in [1.54, 1.807) is 48.5 Å². The Kier molecular flexibility index (Phi) is 7.71. The average Bonchev–Trinajstić information content (AvgIpc) is 2.81. The number of nitrogens with zero attached hydrogens (tertiary/aromatic N) is 4. The number of rotatable bonds is 6. The van der Waals surface area contributed by atoms with Crippen molar-refractivity contribution in [3.8, 4) is 0 Å². The Hall–Kier alpha value is -2.90. The molecular formula is C24H21N5O3S4. The van der Waals surface area contributed by atoms with Gasteiger partial charge in [-0.05, 0) is 83.4 Å². The first-order valence-corrected chi connectivity index (χ1v) is 13.4. The third kappa shape index (κ3) is 6.08. The monoisotopic (exact) mass is 555 g/mol. The van der Waals surface area contributed by atoms with Crippen molar-refractivity contribution in [1.82, 2.24) is 0 Å². The third-order valence-corrected chi connectivity index (χ3v) is 7.13. The molecule has 0 saturated carbocycles. The van der Waals surface area contributed by atoms with E-state index < -0.39 is 15.9 Å². The highest BCUT2D eigenvalue weighted by Crippen LogP contribution is 2.39. The van der Waals surface area contributed by atoms with E-state index in [1.165, 1.54) is 6.07 Å². The average molecular weight is 556 g/mol. The summed E-state index contributed by atoms with van der Waals surface area (Å²) in [6.07, 6.45) is 0. The topological polar surface area (TPSA) is 130 Å². The molecule has 0 fully saturated rings. The Morgan fingerprint density at radius 2 is 1.50 bits per heavy atom. The molecule has 4 aromatic carbocycles. The second kappa shape index (κ2) is 10.6. The molecular weight excluding hydrogens is 535 g/mol. The van der Waals surface area contributed by atoms with Gasteiger partial charge < -0.3 is 5.73 Å². The molecule has 8 nitrogen and oxygen atoms in total. The van der Waals surface area contributed by atoms with Gasteiger partial charge in [-0.25, -0.2) is 0 Å². The maximum atomic E-state index is 11.7. The van der Waals surface area contributed by atoms with Crippen molar-refractivity contribution in [2.24, 2.45) is 20.5 Å². The van der Waals surface area contributed by atoms with E-state index in [0.717, 1.165) is 21.2 Å². The summed E-state index contributed by atoms with van der Waals surface area (Å²) in [5.41, 5.74) is 9.31. The lowest BCUT2D eigenvalue weighted by Crippen LogP contribution is -2.01. The molecule has 36 heavy (non-hydrogen) atoms. The first-order valence-electron chi connectivity index (χ1n) is 10.5. The van der Waals surface area contributed by atoms with Crippen LogP contribution < -0.4 is 5.73 Å². The van der Waals surface area contributed by atoms with Crippen molar-refractivity contribution in [3.63, 3.8) is 0 Å². The molecule has 0 bridgehead atoms. The standard InChI is InChI=1S/C24H21N5O3S4/c1-13-18-7-8-20(25)24(35)19(18)11-22(34)23(13)29-28-21-9-4-16(10-14(21)12-36(30,31)32)27-26-15-2-5-17(33)6-3-15/h2-11,33-35H,12,25H2,1H3,(H,30,31,32). The molecule has 0 radical (unpaired) electrons. The Bertz CT molecular complexity index is 1640. The molecule has 0 aromatic heterocycles. The quantitative estimate of drug-likeness (QED) is 0.0718. The number of azo groups is 2. The molecule has 0 aliphatic carbocycles. The zero-order valence-corrected chi connectivity index (χ0v) is 22.4. The normalized spacial score (nSPS) is 12.2. The minimum absolute atomic E-state index is 0.216. The van der Waals surface area contributed by atoms with Crippen LogP contribution in [0.25, 0.3) is 10.8 Å². The molecule has 0 unspecified atom stereocenters. The van der Waals surface area contributed by atoms with E-state index >= 15 is 0 Å². The number of fused-ring (bicyclic) bond motifs is 1. The lowest BCUT2D eigenvalue weighted by molar-refractivity contribution is 0.482. The van der Waals surface area contributed by atoms with Crippen LogP contribution in [0.1, 0.15) is 11.1 Å². The summed E-state index contributed by atoms with van der Waals surface area (Å²) in [6.45, 7) is 1.88. The van der Waals surface area contributed by atoms with E-state index in [9.17, 15) is 13.0 Å². The second-order valence-electron chi connectivity index (χ2n) is 7.92. The molecule has 0 aliphatic rings. The highest BCUT2D eigenvalue weighted by Gasteiger charge is 2.14. The molecule has 0 saturated heterocycles. The molecule has 0 atom stereocenters. The fourth-order valence-corrected chi connectivity index (χ4v) is 4.91. The van der Waals surface area contributed by atoms with Gasteiger partial charge in [-0.1, -0.05) is 6.07 Å². The number of aryl methyl sites for hydroxylation is 1. The van der Waals surface area contributed by atoms with Crippen LogP contribution in [0.15, 0.2) is 95.8 Å². The van der Waals surface area contributed by atoms with Crippen molar-refractivity contribution < 1.29 is 13.0 Å². The number of anilines is 1. The Labute approximate surface area is 224 Å². The van der Waals surface area contributed by atoms with Crippen molar-refractivity contribution in [2.45, 2.75) is 27.4 Å². The Morgan fingerprint density at radius 1 is 0.833 bits per heavy atom. The second-order valence-corrected chi connectivity index (χ2v) is 10.8. The van der Waals surface area contributed by atoms with E-state index in [-0.39, 0.29) is 11.3 Å². The van der Waals surface area contributed by atoms with E-state index in [0.29, 0.717) is 32.5 Å². The number of nitrogens with two attached hydrogens (primary N) is 1. The molecule has 0 aliphatic heterocycles. The lowest BCUT2D eigenvalue weighted by atomic mass is 10.0. The summed E-state index contributed by atoms with van der Waals surface area (Å²) in [6, 6.07) is 17.2. The van der Waals surface area contributed by atoms with Crippen LogP contribution in [0.2, 0.25) is 0 Å². The van der Waals surface area contributed by atoms with Crippen LogP contribution >= 0.6 is 37.9 Å². The van der Waals surface area contributed by atoms with Crippen molar-refractivity contribution in [1.29, 1.82) is 0 Å². The maximum absolute atomic E-state index is 11.7. The smallest absolute Gasteiger partial charge is 0.269 e. The number of hydrogen-bond acceptors (Lipinski definition) is 10. The van der Waals surface area contributed by atoms with Crippen molar-refractivity contribution in [3.05, 3.63) is 71.8 Å².